The molecule has 2 fully saturated rings. The maximum absolute atomic E-state index is 14.0. The lowest BCUT2D eigenvalue weighted by Crippen LogP contribution is -2.60. The van der Waals surface area contributed by atoms with Crippen molar-refractivity contribution in [1.82, 2.24) is 0 Å². The van der Waals surface area contributed by atoms with Crippen molar-refractivity contribution in [1.29, 1.82) is 0 Å². The molecule has 2 rings (SSSR count). The summed E-state index contributed by atoms with van der Waals surface area (Å²) in [5.74, 6) is -1.02. The molecule has 0 aromatic heterocycles. The summed E-state index contributed by atoms with van der Waals surface area (Å²) in [4.78, 5) is 9.72. The van der Waals surface area contributed by atoms with E-state index in [0.29, 0.717) is 13.0 Å². The van der Waals surface area contributed by atoms with Gasteiger partial charge >= 0.3 is 0 Å². The number of hydrogen-bond acceptors (Lipinski definition) is 6. The molecule has 8 atom stereocenters. The summed E-state index contributed by atoms with van der Waals surface area (Å²) < 4.78 is 19.1. The van der Waals surface area contributed by atoms with E-state index in [1.54, 1.807) is 0 Å². The second-order valence-electron chi connectivity index (χ2n) is 5.24. The molecule has 6 nitrogen and oxygen atoms in total. The molecule has 0 bridgehead atoms. The normalized spacial score (nSPS) is 52.1. The van der Waals surface area contributed by atoms with Crippen LogP contribution in [-0.2, 0) is 4.52 Å². The third-order valence-corrected chi connectivity index (χ3v) is 5.53. The summed E-state index contributed by atoms with van der Waals surface area (Å²) in [6.07, 6.45) is -6.77. The molecular weight excluding hydrogens is 278 g/mol. The van der Waals surface area contributed by atoms with Crippen molar-refractivity contribution in [2.24, 2.45) is 5.92 Å². The molecular formula is C11H20FO6P. The van der Waals surface area contributed by atoms with E-state index in [9.17, 15) is 29.7 Å². The molecule has 1 heterocycles. The highest BCUT2D eigenvalue weighted by molar-refractivity contribution is 7.47. The number of aliphatic hydroxyl groups excluding tert-OH is 4. The van der Waals surface area contributed by atoms with Crippen LogP contribution in [0.1, 0.15) is 19.3 Å². The van der Waals surface area contributed by atoms with Crippen LogP contribution in [-0.4, -0.2) is 68.2 Å². The van der Waals surface area contributed by atoms with Crippen LogP contribution in [0.25, 0.3) is 0 Å². The standard InChI is InChI=1S/C11H20FO6P/c12-7-6(4-5-2-1-3-18-19(5)17)8(13)10(15)11(16)9(7)14/h5-11,13-17H,1-4H2/t5?,6?,7?,8-,9+,10?,11?,19?/m1/s1. The average molecular weight is 298 g/mol. The van der Waals surface area contributed by atoms with Crippen LogP contribution in [0.3, 0.4) is 0 Å². The van der Waals surface area contributed by atoms with Crippen molar-refractivity contribution in [3.05, 3.63) is 0 Å². The Morgan fingerprint density at radius 3 is 2.32 bits per heavy atom. The summed E-state index contributed by atoms with van der Waals surface area (Å²) in [6, 6.07) is 0. The van der Waals surface area contributed by atoms with E-state index in [1.807, 2.05) is 0 Å². The van der Waals surface area contributed by atoms with E-state index >= 15 is 0 Å². The first kappa shape index (κ1) is 15.5. The Hall–Kier alpha value is 0.120. The first-order valence-corrected chi connectivity index (χ1v) is 7.69. The molecule has 0 aromatic carbocycles. The fourth-order valence-electron chi connectivity index (χ4n) is 2.77. The van der Waals surface area contributed by atoms with Crippen molar-refractivity contribution < 1.29 is 34.2 Å². The fourth-order valence-corrected chi connectivity index (χ4v) is 4.13. The molecule has 0 aromatic rings. The zero-order valence-corrected chi connectivity index (χ0v) is 11.2. The Bertz CT molecular complexity index is 293. The lowest BCUT2D eigenvalue weighted by Gasteiger charge is -2.42. The summed E-state index contributed by atoms with van der Waals surface area (Å²) in [5.41, 5.74) is -0.281. The summed E-state index contributed by atoms with van der Waals surface area (Å²) >= 11 is 0. The molecule has 1 saturated carbocycles. The van der Waals surface area contributed by atoms with Crippen LogP contribution in [0.4, 0.5) is 4.39 Å². The molecule has 0 radical (unpaired) electrons. The van der Waals surface area contributed by atoms with Gasteiger partial charge in [0.05, 0.1) is 12.7 Å². The molecule has 1 saturated heterocycles. The zero-order chi connectivity index (χ0) is 14.2. The molecule has 0 amide bonds. The van der Waals surface area contributed by atoms with Crippen molar-refractivity contribution in [2.45, 2.75) is 55.5 Å². The monoisotopic (exact) mass is 298 g/mol. The van der Waals surface area contributed by atoms with Crippen molar-refractivity contribution in [2.75, 3.05) is 6.61 Å². The minimum absolute atomic E-state index is 0.116. The number of halogens is 1. The predicted octanol–water partition coefficient (Wildman–Crippen LogP) is -0.729. The summed E-state index contributed by atoms with van der Waals surface area (Å²) in [6.45, 7) is 0.467. The molecule has 1 aliphatic carbocycles. The van der Waals surface area contributed by atoms with Crippen molar-refractivity contribution >= 4 is 8.38 Å². The molecule has 19 heavy (non-hydrogen) atoms. The van der Waals surface area contributed by atoms with Crippen LogP contribution in [0.5, 0.6) is 0 Å². The second kappa shape index (κ2) is 6.26. The van der Waals surface area contributed by atoms with Gasteiger partial charge in [-0.05, 0) is 19.3 Å². The lowest BCUT2D eigenvalue weighted by atomic mass is 9.77. The minimum Gasteiger partial charge on any atom is -0.390 e. The van der Waals surface area contributed by atoms with Crippen LogP contribution in [0.2, 0.25) is 0 Å². The van der Waals surface area contributed by atoms with E-state index in [1.165, 1.54) is 0 Å². The van der Waals surface area contributed by atoms with E-state index < -0.39 is 44.9 Å². The number of alkyl halides is 1. The van der Waals surface area contributed by atoms with E-state index in [2.05, 4.69) is 0 Å². The highest BCUT2D eigenvalue weighted by Gasteiger charge is 2.50. The molecule has 0 spiro atoms. The maximum atomic E-state index is 14.0. The largest absolute Gasteiger partial charge is 0.390 e. The van der Waals surface area contributed by atoms with Gasteiger partial charge in [0.2, 0.25) is 0 Å². The van der Waals surface area contributed by atoms with Gasteiger partial charge < -0.3 is 29.8 Å². The molecule has 2 aliphatic rings. The van der Waals surface area contributed by atoms with Gasteiger partial charge in [-0.1, -0.05) is 0 Å². The van der Waals surface area contributed by atoms with Gasteiger partial charge in [-0.25, -0.2) is 4.39 Å². The number of hydrogen-bond donors (Lipinski definition) is 5. The SMILES string of the molecule is OC1C(O)[C@H](O)C(CC2CCCOP2O)C(F)[C@@H]1O. The van der Waals surface area contributed by atoms with Crippen LogP contribution >= 0.6 is 8.38 Å². The zero-order valence-electron chi connectivity index (χ0n) is 10.3. The predicted molar refractivity (Wildman–Crippen MR) is 65.1 cm³/mol. The lowest BCUT2D eigenvalue weighted by molar-refractivity contribution is -0.188. The average Bonchev–Trinajstić information content (AvgIpc) is 2.41. The Balaban J connectivity index is 2.05. The van der Waals surface area contributed by atoms with Gasteiger partial charge in [0.25, 0.3) is 0 Å². The topological polar surface area (TPSA) is 110 Å². The highest BCUT2D eigenvalue weighted by Crippen LogP contribution is 2.48. The van der Waals surface area contributed by atoms with E-state index in [0.717, 1.165) is 6.42 Å². The Morgan fingerprint density at radius 1 is 1.05 bits per heavy atom. The van der Waals surface area contributed by atoms with E-state index in [-0.39, 0.29) is 12.1 Å². The van der Waals surface area contributed by atoms with Gasteiger partial charge in [-0.2, -0.15) is 0 Å². The molecule has 6 unspecified atom stereocenters. The minimum atomic E-state index is -1.83. The third-order valence-electron chi connectivity index (χ3n) is 3.99. The van der Waals surface area contributed by atoms with Crippen LogP contribution in [0, 0.1) is 5.92 Å². The molecule has 112 valence electrons. The van der Waals surface area contributed by atoms with E-state index in [4.69, 9.17) is 4.52 Å². The Labute approximate surface area is 111 Å². The van der Waals surface area contributed by atoms with Gasteiger partial charge in [0, 0.05) is 11.6 Å². The third kappa shape index (κ3) is 3.08. The smallest absolute Gasteiger partial charge is 0.171 e. The van der Waals surface area contributed by atoms with Gasteiger partial charge in [0.1, 0.15) is 24.5 Å². The number of aliphatic hydroxyl groups is 4. The highest BCUT2D eigenvalue weighted by atomic mass is 31.2. The fraction of sp³-hybridized carbons (Fsp3) is 1.00. The van der Waals surface area contributed by atoms with Crippen molar-refractivity contribution in [3.63, 3.8) is 0 Å². The summed E-state index contributed by atoms with van der Waals surface area (Å²) in [7, 11) is -1.66. The van der Waals surface area contributed by atoms with Crippen LogP contribution < -0.4 is 0 Å². The van der Waals surface area contributed by atoms with Gasteiger partial charge in [-0.15, -0.1) is 0 Å². The molecule has 1 aliphatic heterocycles. The van der Waals surface area contributed by atoms with Crippen molar-refractivity contribution in [3.8, 4) is 0 Å². The second-order valence-corrected chi connectivity index (χ2v) is 6.83. The first-order valence-electron chi connectivity index (χ1n) is 6.41. The van der Waals surface area contributed by atoms with Crippen LogP contribution in [0.15, 0.2) is 0 Å². The number of rotatable bonds is 2. The quantitative estimate of drug-likeness (QED) is 0.430. The van der Waals surface area contributed by atoms with Gasteiger partial charge in [-0.3, -0.25) is 0 Å². The van der Waals surface area contributed by atoms with Gasteiger partial charge in [0.15, 0.2) is 8.38 Å². The molecule has 8 heteroatoms. The Morgan fingerprint density at radius 2 is 1.68 bits per heavy atom. The molecule has 5 N–H and O–H groups in total. The Kier molecular flexibility index (Phi) is 5.11. The maximum Gasteiger partial charge on any atom is 0.171 e. The summed E-state index contributed by atoms with van der Waals surface area (Å²) in [5, 5.41) is 38.3. The first-order chi connectivity index (χ1) is 8.93.